The first-order chi connectivity index (χ1) is 7.67. The van der Waals surface area contributed by atoms with Crippen molar-refractivity contribution in [3.8, 4) is 0 Å². The van der Waals surface area contributed by atoms with E-state index in [1.165, 1.54) is 13.5 Å². The average Bonchev–Trinajstić information content (AvgIpc) is 2.74. The molecular formula is C11H18N2O2S. The van der Waals surface area contributed by atoms with Crippen LogP contribution in [0.3, 0.4) is 0 Å². The Kier molecular flexibility index (Phi) is 5.25. The molecular weight excluding hydrogens is 224 g/mol. The number of nitrogens with zero attached hydrogens (tertiary/aromatic N) is 2. The molecule has 0 fully saturated rings. The van der Waals surface area contributed by atoms with Gasteiger partial charge in [-0.15, -0.1) is 11.3 Å². The van der Waals surface area contributed by atoms with Gasteiger partial charge in [-0.25, -0.2) is 4.98 Å². The highest BCUT2D eigenvalue weighted by Gasteiger charge is 2.09. The van der Waals surface area contributed by atoms with E-state index < -0.39 is 0 Å². The average molecular weight is 242 g/mol. The number of anilines is 1. The number of thiazole rings is 1. The lowest BCUT2D eigenvalue weighted by Crippen LogP contribution is -2.18. The molecule has 4 nitrogen and oxygen atoms in total. The minimum Gasteiger partial charge on any atom is -0.469 e. The second-order valence-electron chi connectivity index (χ2n) is 3.65. The number of hydrogen-bond donors (Lipinski definition) is 0. The third-order valence-corrected chi connectivity index (χ3v) is 3.27. The van der Waals surface area contributed by atoms with Gasteiger partial charge in [0.25, 0.3) is 0 Å². The normalized spacial score (nSPS) is 10.2. The van der Waals surface area contributed by atoms with E-state index >= 15 is 0 Å². The lowest BCUT2D eigenvalue weighted by molar-refractivity contribution is -0.139. The van der Waals surface area contributed by atoms with Gasteiger partial charge in [0.05, 0.1) is 19.2 Å². The number of carbonyl (C=O) groups excluding carboxylic acids is 1. The third kappa shape index (κ3) is 3.81. The molecule has 0 amide bonds. The van der Waals surface area contributed by atoms with Crippen LogP contribution < -0.4 is 4.90 Å². The third-order valence-electron chi connectivity index (χ3n) is 2.27. The molecule has 0 spiro atoms. The predicted molar refractivity (Wildman–Crippen MR) is 66.0 cm³/mol. The SMILES string of the molecule is CCCCN(C)c1nc(CC(=O)OC)cs1. The Morgan fingerprint density at radius 3 is 3.00 bits per heavy atom. The van der Waals surface area contributed by atoms with Crippen LogP contribution in [-0.4, -0.2) is 31.7 Å². The molecule has 1 rings (SSSR count). The number of aromatic nitrogens is 1. The van der Waals surface area contributed by atoms with Crippen molar-refractivity contribution in [3.05, 3.63) is 11.1 Å². The molecule has 0 bridgehead atoms. The standard InChI is InChI=1S/C11H18N2O2S/c1-4-5-6-13(2)11-12-9(8-16-11)7-10(14)15-3/h8H,4-7H2,1-3H3. The van der Waals surface area contributed by atoms with Gasteiger partial charge in [-0.2, -0.15) is 0 Å². The fraction of sp³-hybridized carbons (Fsp3) is 0.636. The zero-order valence-electron chi connectivity index (χ0n) is 10.0. The van der Waals surface area contributed by atoms with Crippen molar-refractivity contribution in [2.45, 2.75) is 26.2 Å². The van der Waals surface area contributed by atoms with Gasteiger partial charge in [0.1, 0.15) is 0 Å². The first-order valence-electron chi connectivity index (χ1n) is 5.39. The molecule has 0 atom stereocenters. The molecule has 0 aliphatic rings. The lowest BCUT2D eigenvalue weighted by Gasteiger charge is -2.14. The summed E-state index contributed by atoms with van der Waals surface area (Å²) >= 11 is 1.57. The Morgan fingerprint density at radius 1 is 1.62 bits per heavy atom. The molecule has 1 aromatic heterocycles. The maximum absolute atomic E-state index is 11.1. The van der Waals surface area contributed by atoms with E-state index in [-0.39, 0.29) is 12.4 Å². The number of rotatable bonds is 6. The molecule has 0 aliphatic carbocycles. The van der Waals surface area contributed by atoms with Crippen molar-refractivity contribution in [1.29, 1.82) is 0 Å². The van der Waals surface area contributed by atoms with E-state index in [9.17, 15) is 4.79 Å². The zero-order valence-corrected chi connectivity index (χ0v) is 10.8. The number of hydrogen-bond acceptors (Lipinski definition) is 5. The molecule has 90 valence electrons. The van der Waals surface area contributed by atoms with Gasteiger partial charge < -0.3 is 9.64 Å². The quantitative estimate of drug-likeness (QED) is 0.716. The molecule has 0 aliphatic heterocycles. The van der Waals surface area contributed by atoms with Crippen molar-refractivity contribution < 1.29 is 9.53 Å². The summed E-state index contributed by atoms with van der Waals surface area (Å²) in [5, 5.41) is 2.88. The van der Waals surface area contributed by atoms with E-state index in [1.54, 1.807) is 11.3 Å². The number of esters is 1. The molecule has 0 aromatic carbocycles. The Labute approximate surface area is 100 Å². The summed E-state index contributed by atoms with van der Waals surface area (Å²) in [6.07, 6.45) is 2.59. The van der Waals surface area contributed by atoms with Crippen molar-refractivity contribution in [2.75, 3.05) is 25.6 Å². The largest absolute Gasteiger partial charge is 0.469 e. The lowest BCUT2D eigenvalue weighted by atomic mass is 10.3. The van der Waals surface area contributed by atoms with Crippen LogP contribution in [0, 0.1) is 0 Å². The summed E-state index contributed by atoms with van der Waals surface area (Å²) in [5.41, 5.74) is 0.787. The van der Waals surface area contributed by atoms with Gasteiger partial charge in [-0.1, -0.05) is 13.3 Å². The summed E-state index contributed by atoms with van der Waals surface area (Å²) in [7, 11) is 3.42. The molecule has 0 unspecified atom stereocenters. The van der Waals surface area contributed by atoms with Crippen LogP contribution in [0.2, 0.25) is 0 Å². The number of unbranched alkanes of at least 4 members (excludes halogenated alkanes) is 1. The molecule has 0 N–H and O–H groups in total. The van der Waals surface area contributed by atoms with E-state index in [4.69, 9.17) is 0 Å². The van der Waals surface area contributed by atoms with Crippen molar-refractivity contribution in [3.63, 3.8) is 0 Å². The maximum Gasteiger partial charge on any atom is 0.311 e. The maximum atomic E-state index is 11.1. The first kappa shape index (κ1) is 13.0. The molecule has 16 heavy (non-hydrogen) atoms. The highest BCUT2D eigenvalue weighted by molar-refractivity contribution is 7.13. The van der Waals surface area contributed by atoms with Crippen LogP contribution in [-0.2, 0) is 16.0 Å². The molecule has 5 heteroatoms. The van der Waals surface area contributed by atoms with Gasteiger partial charge in [0, 0.05) is 19.0 Å². The number of methoxy groups -OCH3 is 1. The second kappa shape index (κ2) is 6.48. The molecule has 1 aromatic rings. The van der Waals surface area contributed by atoms with E-state index in [2.05, 4.69) is 21.5 Å². The van der Waals surface area contributed by atoms with Gasteiger partial charge in [-0.05, 0) is 6.42 Å². The summed E-state index contributed by atoms with van der Waals surface area (Å²) in [6, 6.07) is 0. The number of ether oxygens (including phenoxy) is 1. The van der Waals surface area contributed by atoms with Crippen molar-refractivity contribution in [2.24, 2.45) is 0 Å². The smallest absolute Gasteiger partial charge is 0.311 e. The Morgan fingerprint density at radius 2 is 2.38 bits per heavy atom. The minimum atomic E-state index is -0.243. The van der Waals surface area contributed by atoms with Crippen molar-refractivity contribution >= 4 is 22.4 Å². The highest BCUT2D eigenvalue weighted by atomic mass is 32.1. The van der Waals surface area contributed by atoms with Crippen LogP contribution >= 0.6 is 11.3 Å². The second-order valence-corrected chi connectivity index (χ2v) is 4.49. The minimum absolute atomic E-state index is 0.243. The molecule has 0 saturated carbocycles. The van der Waals surface area contributed by atoms with Crippen molar-refractivity contribution in [1.82, 2.24) is 4.98 Å². The van der Waals surface area contributed by atoms with Crippen LogP contribution in [0.15, 0.2) is 5.38 Å². The van der Waals surface area contributed by atoms with Gasteiger partial charge in [-0.3, -0.25) is 4.79 Å². The first-order valence-corrected chi connectivity index (χ1v) is 6.27. The summed E-state index contributed by atoms with van der Waals surface area (Å²) in [4.78, 5) is 17.6. The predicted octanol–water partition coefficient (Wildman–Crippen LogP) is 2.09. The van der Waals surface area contributed by atoms with E-state index in [0.29, 0.717) is 0 Å². The van der Waals surface area contributed by atoms with Gasteiger partial charge >= 0.3 is 5.97 Å². The van der Waals surface area contributed by atoms with Crippen LogP contribution in [0.4, 0.5) is 5.13 Å². The molecule has 1 heterocycles. The Balaban J connectivity index is 2.53. The fourth-order valence-corrected chi connectivity index (χ4v) is 2.08. The summed E-state index contributed by atoms with van der Waals surface area (Å²) in [6.45, 7) is 3.17. The summed E-state index contributed by atoms with van der Waals surface area (Å²) in [5.74, 6) is -0.243. The van der Waals surface area contributed by atoms with Crippen LogP contribution in [0.1, 0.15) is 25.5 Å². The van der Waals surface area contributed by atoms with Crippen LogP contribution in [0.5, 0.6) is 0 Å². The Bertz CT molecular complexity index is 338. The molecule has 0 radical (unpaired) electrons. The topological polar surface area (TPSA) is 42.4 Å². The van der Waals surface area contributed by atoms with Gasteiger partial charge in [0.2, 0.25) is 0 Å². The van der Waals surface area contributed by atoms with E-state index in [0.717, 1.165) is 23.8 Å². The monoisotopic (exact) mass is 242 g/mol. The number of carbonyl (C=O) groups is 1. The van der Waals surface area contributed by atoms with E-state index in [1.807, 2.05) is 12.4 Å². The zero-order chi connectivity index (χ0) is 12.0. The van der Waals surface area contributed by atoms with Crippen LogP contribution in [0.25, 0.3) is 0 Å². The summed E-state index contributed by atoms with van der Waals surface area (Å²) < 4.78 is 4.60. The fourth-order valence-electron chi connectivity index (χ4n) is 1.26. The molecule has 0 saturated heterocycles. The highest BCUT2D eigenvalue weighted by Crippen LogP contribution is 2.20. The van der Waals surface area contributed by atoms with Gasteiger partial charge in [0.15, 0.2) is 5.13 Å². The Hall–Kier alpha value is -1.10.